The average molecular weight is 268 g/mol. The standard InChI is InChI=1S/C13H16O6/c1-3-19-11(15)7-8-4-5-9(10(14)6-8)12(16)13(17)18-2/h4-6,12,14,16H,3,7H2,1-2H3. The summed E-state index contributed by atoms with van der Waals surface area (Å²) in [5.41, 5.74) is 0.552. The van der Waals surface area contributed by atoms with Crippen LogP contribution in [-0.2, 0) is 25.5 Å². The molecule has 0 saturated heterocycles. The molecular weight excluding hydrogens is 252 g/mol. The van der Waals surface area contributed by atoms with Gasteiger partial charge >= 0.3 is 11.9 Å². The van der Waals surface area contributed by atoms with Crippen LogP contribution in [0, 0.1) is 0 Å². The van der Waals surface area contributed by atoms with Gasteiger partial charge in [0, 0.05) is 5.56 Å². The number of hydrogen-bond donors (Lipinski definition) is 2. The Kier molecular flexibility index (Phi) is 5.32. The molecular formula is C13H16O6. The molecule has 0 fully saturated rings. The molecule has 0 spiro atoms. The molecule has 1 unspecified atom stereocenters. The molecule has 0 aliphatic carbocycles. The Balaban J connectivity index is 2.85. The zero-order valence-corrected chi connectivity index (χ0v) is 10.8. The summed E-state index contributed by atoms with van der Waals surface area (Å²) >= 11 is 0. The summed E-state index contributed by atoms with van der Waals surface area (Å²) in [5, 5.41) is 19.3. The van der Waals surface area contributed by atoms with Gasteiger partial charge in [0.1, 0.15) is 5.75 Å². The van der Waals surface area contributed by atoms with Crippen molar-refractivity contribution in [3.05, 3.63) is 29.3 Å². The maximum absolute atomic E-state index is 11.3. The van der Waals surface area contributed by atoms with Gasteiger partial charge in [-0.15, -0.1) is 0 Å². The number of hydrogen-bond acceptors (Lipinski definition) is 6. The Hall–Kier alpha value is -2.08. The van der Waals surface area contributed by atoms with E-state index in [9.17, 15) is 19.8 Å². The third-order valence-corrected chi connectivity index (χ3v) is 2.47. The SMILES string of the molecule is CCOC(=O)Cc1ccc(C(O)C(=O)OC)c(O)c1. The molecule has 1 atom stereocenters. The smallest absolute Gasteiger partial charge is 0.339 e. The van der Waals surface area contributed by atoms with E-state index in [2.05, 4.69) is 4.74 Å². The van der Waals surface area contributed by atoms with Crippen molar-refractivity contribution in [1.82, 2.24) is 0 Å². The van der Waals surface area contributed by atoms with Crippen LogP contribution in [0.15, 0.2) is 18.2 Å². The number of carbonyl (C=O) groups excluding carboxylic acids is 2. The van der Waals surface area contributed by atoms with E-state index in [4.69, 9.17) is 4.74 Å². The molecule has 0 aliphatic rings. The van der Waals surface area contributed by atoms with Crippen molar-refractivity contribution in [3.8, 4) is 5.75 Å². The lowest BCUT2D eigenvalue weighted by molar-refractivity contribution is -0.150. The van der Waals surface area contributed by atoms with Crippen LogP contribution in [-0.4, -0.2) is 35.9 Å². The van der Waals surface area contributed by atoms with E-state index in [-0.39, 0.29) is 24.3 Å². The summed E-state index contributed by atoms with van der Waals surface area (Å²) in [6.07, 6.45) is -1.54. The molecule has 0 saturated carbocycles. The van der Waals surface area contributed by atoms with E-state index in [1.807, 2.05) is 0 Å². The van der Waals surface area contributed by atoms with Gasteiger partial charge in [-0.05, 0) is 18.6 Å². The number of phenolic OH excluding ortho intramolecular Hbond substituents is 1. The lowest BCUT2D eigenvalue weighted by Gasteiger charge is -2.11. The van der Waals surface area contributed by atoms with E-state index in [1.165, 1.54) is 18.2 Å². The number of carbonyl (C=O) groups is 2. The van der Waals surface area contributed by atoms with Gasteiger partial charge in [-0.25, -0.2) is 4.79 Å². The van der Waals surface area contributed by atoms with Crippen LogP contribution in [0.1, 0.15) is 24.2 Å². The lowest BCUT2D eigenvalue weighted by Crippen LogP contribution is -2.14. The molecule has 0 aliphatic heterocycles. The fourth-order valence-electron chi connectivity index (χ4n) is 1.55. The highest BCUT2D eigenvalue weighted by molar-refractivity contribution is 5.77. The van der Waals surface area contributed by atoms with Gasteiger partial charge in [-0.2, -0.15) is 0 Å². The molecule has 2 N–H and O–H groups in total. The summed E-state index contributed by atoms with van der Waals surface area (Å²) in [6, 6.07) is 4.20. The zero-order valence-electron chi connectivity index (χ0n) is 10.8. The molecule has 0 bridgehead atoms. The van der Waals surface area contributed by atoms with E-state index >= 15 is 0 Å². The van der Waals surface area contributed by atoms with Crippen molar-refractivity contribution in [1.29, 1.82) is 0 Å². The molecule has 1 aromatic rings. The molecule has 104 valence electrons. The second kappa shape index (κ2) is 6.75. The molecule has 19 heavy (non-hydrogen) atoms. The van der Waals surface area contributed by atoms with Gasteiger partial charge in [-0.1, -0.05) is 12.1 Å². The summed E-state index contributed by atoms with van der Waals surface area (Å²) in [4.78, 5) is 22.4. The van der Waals surface area contributed by atoms with Crippen molar-refractivity contribution in [2.75, 3.05) is 13.7 Å². The van der Waals surface area contributed by atoms with E-state index in [0.717, 1.165) is 7.11 Å². The number of aromatic hydroxyl groups is 1. The maximum Gasteiger partial charge on any atom is 0.339 e. The summed E-state index contributed by atoms with van der Waals surface area (Å²) in [5.74, 6) is -1.56. The van der Waals surface area contributed by atoms with Crippen molar-refractivity contribution >= 4 is 11.9 Å². The first-order valence-electron chi connectivity index (χ1n) is 5.72. The predicted molar refractivity (Wildman–Crippen MR) is 65.4 cm³/mol. The predicted octanol–water partition coefficient (Wildman–Crippen LogP) is 0.704. The van der Waals surface area contributed by atoms with Crippen LogP contribution in [0.25, 0.3) is 0 Å². The van der Waals surface area contributed by atoms with Gasteiger partial charge in [-0.3, -0.25) is 4.79 Å². The number of esters is 2. The fourth-order valence-corrected chi connectivity index (χ4v) is 1.55. The first-order chi connectivity index (χ1) is 8.99. The summed E-state index contributed by atoms with van der Waals surface area (Å²) in [7, 11) is 1.14. The van der Waals surface area contributed by atoms with E-state index < -0.39 is 18.0 Å². The van der Waals surface area contributed by atoms with Gasteiger partial charge in [0.2, 0.25) is 0 Å². The molecule has 1 aromatic carbocycles. The second-order valence-electron chi connectivity index (χ2n) is 3.80. The van der Waals surface area contributed by atoms with Crippen molar-refractivity contribution in [3.63, 3.8) is 0 Å². The zero-order chi connectivity index (χ0) is 14.4. The number of aliphatic hydroxyl groups is 1. The summed E-state index contributed by atoms with van der Waals surface area (Å²) < 4.78 is 9.15. The quantitative estimate of drug-likeness (QED) is 0.764. The minimum Gasteiger partial charge on any atom is -0.508 e. The number of methoxy groups -OCH3 is 1. The molecule has 6 heteroatoms. The highest BCUT2D eigenvalue weighted by atomic mass is 16.5. The monoisotopic (exact) mass is 268 g/mol. The highest BCUT2D eigenvalue weighted by Crippen LogP contribution is 2.26. The first kappa shape index (κ1) is 15.0. The van der Waals surface area contributed by atoms with Gasteiger partial charge in [0.05, 0.1) is 20.1 Å². The molecule has 0 aromatic heterocycles. The number of ether oxygens (including phenoxy) is 2. The number of aliphatic hydroxyl groups excluding tert-OH is 1. The van der Waals surface area contributed by atoms with E-state index in [1.54, 1.807) is 6.92 Å². The summed E-state index contributed by atoms with van der Waals surface area (Å²) in [6.45, 7) is 1.98. The normalized spacial score (nSPS) is 11.7. The number of benzene rings is 1. The fraction of sp³-hybridized carbons (Fsp3) is 0.385. The largest absolute Gasteiger partial charge is 0.508 e. The molecule has 0 heterocycles. The van der Waals surface area contributed by atoms with Crippen LogP contribution in [0.3, 0.4) is 0 Å². The highest BCUT2D eigenvalue weighted by Gasteiger charge is 2.21. The van der Waals surface area contributed by atoms with Crippen LogP contribution >= 0.6 is 0 Å². The third-order valence-electron chi connectivity index (χ3n) is 2.47. The minimum absolute atomic E-state index is 0.00992. The number of phenols is 1. The Morgan fingerprint density at radius 2 is 2.05 bits per heavy atom. The molecule has 0 amide bonds. The average Bonchev–Trinajstić information content (AvgIpc) is 2.37. The first-order valence-corrected chi connectivity index (χ1v) is 5.72. The maximum atomic E-state index is 11.3. The second-order valence-corrected chi connectivity index (χ2v) is 3.80. The van der Waals surface area contributed by atoms with Gasteiger partial charge in [0.15, 0.2) is 6.10 Å². The van der Waals surface area contributed by atoms with E-state index in [0.29, 0.717) is 5.56 Å². The van der Waals surface area contributed by atoms with Crippen LogP contribution in [0.2, 0.25) is 0 Å². The Bertz CT molecular complexity index is 468. The third kappa shape index (κ3) is 3.96. The van der Waals surface area contributed by atoms with Crippen LogP contribution in [0.5, 0.6) is 5.75 Å². The molecule has 6 nitrogen and oxygen atoms in total. The Morgan fingerprint density at radius 3 is 2.58 bits per heavy atom. The number of rotatable bonds is 5. The van der Waals surface area contributed by atoms with Crippen molar-refractivity contribution < 1.29 is 29.3 Å². The minimum atomic E-state index is -1.55. The van der Waals surface area contributed by atoms with Crippen molar-refractivity contribution in [2.45, 2.75) is 19.4 Å². The van der Waals surface area contributed by atoms with Gasteiger partial charge in [0.25, 0.3) is 0 Å². The molecule has 0 radical (unpaired) electrons. The Labute approximate surface area is 110 Å². The molecule has 1 rings (SSSR count). The topological polar surface area (TPSA) is 93.1 Å². The lowest BCUT2D eigenvalue weighted by atomic mass is 10.0. The van der Waals surface area contributed by atoms with Crippen molar-refractivity contribution in [2.24, 2.45) is 0 Å². The van der Waals surface area contributed by atoms with Crippen LogP contribution < -0.4 is 0 Å². The van der Waals surface area contributed by atoms with Gasteiger partial charge < -0.3 is 19.7 Å². The Morgan fingerprint density at radius 1 is 1.37 bits per heavy atom. The van der Waals surface area contributed by atoms with Crippen LogP contribution in [0.4, 0.5) is 0 Å².